The van der Waals surface area contributed by atoms with Gasteiger partial charge in [-0.1, -0.05) is 18.5 Å². The number of halogens is 1. The Bertz CT molecular complexity index is 984. The van der Waals surface area contributed by atoms with E-state index in [2.05, 4.69) is 16.0 Å². The molecule has 0 radical (unpaired) electrons. The molecule has 0 bridgehead atoms. The fourth-order valence-corrected chi connectivity index (χ4v) is 3.72. The molecule has 0 aromatic heterocycles. The molecule has 34 heavy (non-hydrogen) atoms. The van der Waals surface area contributed by atoms with Gasteiger partial charge in [0.1, 0.15) is 18.4 Å². The molecule has 184 valence electrons. The summed E-state index contributed by atoms with van der Waals surface area (Å²) >= 11 is 6.14. The molecule has 1 unspecified atom stereocenters. The lowest BCUT2D eigenvalue weighted by atomic mass is 10.1. The summed E-state index contributed by atoms with van der Waals surface area (Å²) < 4.78 is 0. The molecular formula is C22H27ClN4O7. The van der Waals surface area contributed by atoms with Crippen LogP contribution in [0.4, 0.5) is 5.69 Å². The summed E-state index contributed by atoms with van der Waals surface area (Å²) in [5.74, 6) is -3.17. The van der Waals surface area contributed by atoms with Gasteiger partial charge in [-0.25, -0.2) is 0 Å². The van der Waals surface area contributed by atoms with E-state index >= 15 is 0 Å². The van der Waals surface area contributed by atoms with Crippen LogP contribution in [0.15, 0.2) is 18.2 Å². The topological polar surface area (TPSA) is 162 Å². The van der Waals surface area contributed by atoms with Gasteiger partial charge < -0.3 is 30.8 Å². The van der Waals surface area contributed by atoms with Crippen LogP contribution in [0.5, 0.6) is 0 Å². The smallest absolute Gasteiger partial charge is 0.305 e. The average Bonchev–Trinajstić information content (AvgIpc) is 3.28. The van der Waals surface area contributed by atoms with Gasteiger partial charge in [0.15, 0.2) is 0 Å². The summed E-state index contributed by atoms with van der Waals surface area (Å²) in [6.07, 6.45) is 0.919. The predicted octanol–water partition coefficient (Wildman–Crippen LogP) is 0.956. The maximum Gasteiger partial charge on any atom is 0.305 e. The van der Waals surface area contributed by atoms with Crippen molar-refractivity contribution in [1.29, 1.82) is 0 Å². The molecule has 0 aliphatic carbocycles. The Balaban J connectivity index is 2.02. The van der Waals surface area contributed by atoms with Crippen molar-refractivity contribution >= 4 is 53.2 Å². The zero-order valence-corrected chi connectivity index (χ0v) is 19.6. The third kappa shape index (κ3) is 7.01. The zero-order valence-electron chi connectivity index (χ0n) is 18.8. The highest BCUT2D eigenvalue weighted by molar-refractivity contribution is 6.34. The highest BCUT2D eigenvalue weighted by atomic mass is 35.5. The zero-order chi connectivity index (χ0) is 25.4. The number of carboxylic acids is 1. The maximum atomic E-state index is 12.9. The summed E-state index contributed by atoms with van der Waals surface area (Å²) in [7, 11) is 0. The number of benzene rings is 1. The number of nitrogens with zero attached hydrogens (tertiary/aromatic N) is 1. The molecule has 11 nitrogen and oxygen atoms in total. The van der Waals surface area contributed by atoms with Crippen molar-refractivity contribution in [2.24, 2.45) is 0 Å². The van der Waals surface area contributed by atoms with E-state index in [1.165, 1.54) is 30.0 Å². The number of hydrogen-bond donors (Lipinski definition) is 4. The summed E-state index contributed by atoms with van der Waals surface area (Å²) in [4.78, 5) is 72.8. The molecule has 1 aromatic rings. The standard InChI is InChI=1S/C22H27ClN4O7/c1-3-18(29)26-16-7-6-13(9-15(16)23)20(32)24-12(2)22(34)27-8-4-5-17(27)21(33)25-14(11-28)10-19(30)31/h6-7,9,11-12,14,17H,3-5,8,10H2,1-2H3,(H,24,32)(H,25,33)(H,26,29)(H,30,31)/t12-,14?,17-/m0/s1. The highest BCUT2D eigenvalue weighted by Gasteiger charge is 2.37. The SMILES string of the molecule is CCC(=O)Nc1ccc(C(=O)N[C@@H](C)C(=O)N2CCC[C@H]2C(=O)NC(C=O)CC(=O)O)cc1Cl. The molecule has 4 amide bonds. The number of rotatable bonds is 10. The van der Waals surface area contributed by atoms with Gasteiger partial charge in [-0.3, -0.25) is 24.0 Å². The number of carbonyl (C=O) groups is 6. The number of likely N-dealkylation sites (tertiary alicyclic amines) is 1. The number of hydrogen-bond acceptors (Lipinski definition) is 6. The van der Waals surface area contributed by atoms with Gasteiger partial charge >= 0.3 is 5.97 Å². The minimum absolute atomic E-state index is 0.163. The average molecular weight is 495 g/mol. The quantitative estimate of drug-likeness (QED) is 0.352. The molecule has 4 N–H and O–H groups in total. The van der Waals surface area contributed by atoms with Crippen LogP contribution < -0.4 is 16.0 Å². The van der Waals surface area contributed by atoms with E-state index in [0.29, 0.717) is 24.8 Å². The first-order chi connectivity index (χ1) is 16.1. The van der Waals surface area contributed by atoms with Crippen molar-refractivity contribution in [2.75, 3.05) is 11.9 Å². The fourth-order valence-electron chi connectivity index (χ4n) is 3.49. The van der Waals surface area contributed by atoms with E-state index in [1.54, 1.807) is 6.92 Å². The van der Waals surface area contributed by atoms with E-state index in [1.807, 2.05) is 0 Å². The van der Waals surface area contributed by atoms with Crippen LogP contribution in [0.1, 0.15) is 49.9 Å². The number of anilines is 1. The summed E-state index contributed by atoms with van der Waals surface area (Å²) in [6.45, 7) is 3.44. The first kappa shape index (κ1) is 26.8. The van der Waals surface area contributed by atoms with Gasteiger partial charge in [0.25, 0.3) is 5.91 Å². The van der Waals surface area contributed by atoms with Crippen molar-refractivity contribution < 1.29 is 33.9 Å². The van der Waals surface area contributed by atoms with Crippen molar-refractivity contribution in [3.8, 4) is 0 Å². The van der Waals surface area contributed by atoms with Crippen molar-refractivity contribution in [2.45, 2.75) is 57.7 Å². The van der Waals surface area contributed by atoms with Crippen LogP contribution in [0.2, 0.25) is 5.02 Å². The van der Waals surface area contributed by atoms with Gasteiger partial charge in [0, 0.05) is 18.5 Å². The van der Waals surface area contributed by atoms with Gasteiger partial charge in [-0.15, -0.1) is 0 Å². The van der Waals surface area contributed by atoms with Crippen molar-refractivity contribution in [1.82, 2.24) is 15.5 Å². The van der Waals surface area contributed by atoms with Crippen molar-refractivity contribution in [3.05, 3.63) is 28.8 Å². The normalized spacial score (nSPS) is 16.8. The number of aliphatic carboxylic acids is 1. The Morgan fingerprint density at radius 3 is 2.53 bits per heavy atom. The molecule has 3 atom stereocenters. The van der Waals surface area contributed by atoms with Gasteiger partial charge in [-0.2, -0.15) is 0 Å². The minimum Gasteiger partial charge on any atom is -0.481 e. The van der Waals surface area contributed by atoms with E-state index < -0.39 is 48.2 Å². The molecule has 1 fully saturated rings. The minimum atomic E-state index is -1.24. The third-order valence-electron chi connectivity index (χ3n) is 5.27. The summed E-state index contributed by atoms with van der Waals surface area (Å²) in [5.41, 5.74) is 0.536. The predicted molar refractivity (Wildman–Crippen MR) is 122 cm³/mol. The molecular weight excluding hydrogens is 468 g/mol. The van der Waals surface area contributed by atoms with Crippen LogP contribution in [-0.2, 0) is 24.0 Å². The lowest BCUT2D eigenvalue weighted by molar-refractivity contribution is -0.141. The third-order valence-corrected chi connectivity index (χ3v) is 5.58. The number of carbonyl (C=O) groups excluding carboxylic acids is 5. The van der Waals surface area contributed by atoms with E-state index in [4.69, 9.17) is 16.7 Å². The highest BCUT2D eigenvalue weighted by Crippen LogP contribution is 2.24. The second kappa shape index (κ2) is 12.1. The van der Waals surface area contributed by atoms with Crippen LogP contribution in [0, 0.1) is 0 Å². The molecule has 0 spiro atoms. The summed E-state index contributed by atoms with van der Waals surface area (Å²) in [5, 5.41) is 16.5. The monoisotopic (exact) mass is 494 g/mol. The largest absolute Gasteiger partial charge is 0.481 e. The lowest BCUT2D eigenvalue weighted by Crippen LogP contribution is -2.54. The van der Waals surface area contributed by atoms with Crippen LogP contribution in [0.3, 0.4) is 0 Å². The van der Waals surface area contributed by atoms with Gasteiger partial charge in [-0.05, 0) is 38.0 Å². The number of amides is 4. The fraction of sp³-hybridized carbons (Fsp3) is 0.455. The Morgan fingerprint density at radius 2 is 1.94 bits per heavy atom. The first-order valence-corrected chi connectivity index (χ1v) is 11.1. The second-order valence-electron chi connectivity index (χ2n) is 7.83. The second-order valence-corrected chi connectivity index (χ2v) is 8.24. The molecule has 1 heterocycles. The Hall–Kier alpha value is -3.47. The van der Waals surface area contributed by atoms with E-state index in [-0.39, 0.29) is 29.5 Å². The first-order valence-electron chi connectivity index (χ1n) is 10.8. The summed E-state index contributed by atoms with van der Waals surface area (Å²) in [6, 6.07) is 1.26. The maximum absolute atomic E-state index is 12.9. The van der Waals surface area contributed by atoms with Crippen LogP contribution in [0.25, 0.3) is 0 Å². The number of aldehydes is 1. The van der Waals surface area contributed by atoms with Crippen LogP contribution in [-0.4, -0.2) is 70.6 Å². The van der Waals surface area contributed by atoms with Crippen LogP contribution >= 0.6 is 11.6 Å². The van der Waals surface area contributed by atoms with E-state index in [9.17, 15) is 28.8 Å². The Labute approximate surface area is 201 Å². The van der Waals surface area contributed by atoms with Crippen molar-refractivity contribution in [3.63, 3.8) is 0 Å². The van der Waals surface area contributed by atoms with Gasteiger partial charge in [0.2, 0.25) is 17.7 Å². The van der Waals surface area contributed by atoms with Gasteiger partial charge in [0.05, 0.1) is 23.2 Å². The number of nitrogens with one attached hydrogen (secondary N) is 3. The molecule has 2 rings (SSSR count). The molecule has 12 heteroatoms. The molecule has 1 aliphatic heterocycles. The Kier molecular flexibility index (Phi) is 9.55. The molecule has 1 aliphatic rings. The lowest BCUT2D eigenvalue weighted by Gasteiger charge is -2.27. The Morgan fingerprint density at radius 1 is 1.24 bits per heavy atom. The number of carboxylic acid groups (broad SMARTS) is 1. The molecule has 1 aromatic carbocycles. The molecule has 0 saturated carbocycles. The molecule has 1 saturated heterocycles. The van der Waals surface area contributed by atoms with E-state index in [0.717, 1.165) is 0 Å².